The summed E-state index contributed by atoms with van der Waals surface area (Å²) in [6, 6.07) is 11.5. The summed E-state index contributed by atoms with van der Waals surface area (Å²) in [6.45, 7) is 4.91. The monoisotopic (exact) mass is 496 g/mol. The molecule has 1 aromatic carbocycles. The molecule has 1 aliphatic heterocycles. The number of anilines is 1. The van der Waals surface area contributed by atoms with E-state index in [-0.39, 0.29) is 11.9 Å². The molecule has 3 heterocycles. The average molecular weight is 497 g/mol. The van der Waals surface area contributed by atoms with Crippen LogP contribution in [0.2, 0.25) is 0 Å². The Bertz CT molecular complexity index is 1340. The molecule has 2 aliphatic rings. The van der Waals surface area contributed by atoms with Crippen LogP contribution >= 0.6 is 0 Å². The van der Waals surface area contributed by atoms with Gasteiger partial charge < -0.3 is 9.64 Å². The molecule has 1 fully saturated rings. The van der Waals surface area contributed by atoms with E-state index in [9.17, 15) is 13.2 Å². The zero-order valence-electron chi connectivity index (χ0n) is 19.7. The predicted octanol–water partition coefficient (Wildman–Crippen LogP) is 1.43. The third-order valence-electron chi connectivity index (χ3n) is 6.52. The third-order valence-corrected chi connectivity index (χ3v) is 8.80. The molecule has 0 atom stereocenters. The largest absolute Gasteiger partial charge is 0.482 e. The Morgan fingerprint density at radius 3 is 2.29 bits per heavy atom. The molecular formula is C24H28N6O4S. The van der Waals surface area contributed by atoms with E-state index in [1.807, 2.05) is 17.0 Å². The van der Waals surface area contributed by atoms with Crippen LogP contribution in [0.25, 0.3) is 5.82 Å². The SMILES string of the molecule is CC(C)S(=O)(=O)N1CCN(c2cnn(-c3cccnn3)c(=O)c2OC2Cc3ccccc3C2)CC1. The first-order valence-corrected chi connectivity index (χ1v) is 13.2. The quantitative estimate of drug-likeness (QED) is 0.504. The van der Waals surface area contributed by atoms with Crippen molar-refractivity contribution in [3.63, 3.8) is 0 Å². The molecule has 0 saturated carbocycles. The fourth-order valence-corrected chi connectivity index (χ4v) is 5.85. The van der Waals surface area contributed by atoms with Crippen LogP contribution in [0.15, 0.2) is 53.6 Å². The van der Waals surface area contributed by atoms with E-state index in [4.69, 9.17) is 4.74 Å². The fraction of sp³-hybridized carbons (Fsp3) is 0.417. The molecule has 3 aromatic rings. The van der Waals surface area contributed by atoms with Crippen molar-refractivity contribution in [2.75, 3.05) is 31.1 Å². The van der Waals surface area contributed by atoms with Crippen LogP contribution in [0.5, 0.6) is 5.75 Å². The number of sulfonamides is 1. The molecule has 0 bridgehead atoms. The molecule has 10 nitrogen and oxygen atoms in total. The minimum absolute atomic E-state index is 0.181. The topological polar surface area (TPSA) is 111 Å². The molecule has 1 aliphatic carbocycles. The Morgan fingerprint density at radius 2 is 1.69 bits per heavy atom. The molecular weight excluding hydrogens is 468 g/mol. The number of aromatic nitrogens is 4. The van der Waals surface area contributed by atoms with Crippen molar-refractivity contribution in [3.8, 4) is 11.6 Å². The summed E-state index contributed by atoms with van der Waals surface area (Å²) < 4.78 is 34.3. The lowest BCUT2D eigenvalue weighted by molar-refractivity contribution is 0.209. The van der Waals surface area contributed by atoms with Crippen LogP contribution in [0.4, 0.5) is 5.69 Å². The lowest BCUT2D eigenvalue weighted by atomic mass is 10.1. The maximum Gasteiger partial charge on any atom is 0.317 e. The van der Waals surface area contributed by atoms with E-state index in [1.165, 1.54) is 26.3 Å². The highest BCUT2D eigenvalue weighted by atomic mass is 32.2. The maximum atomic E-state index is 13.6. The van der Waals surface area contributed by atoms with Crippen LogP contribution in [0, 0.1) is 0 Å². The minimum atomic E-state index is -3.34. The van der Waals surface area contributed by atoms with Crippen molar-refractivity contribution < 1.29 is 13.2 Å². The summed E-state index contributed by atoms with van der Waals surface area (Å²) >= 11 is 0. The van der Waals surface area contributed by atoms with E-state index < -0.39 is 20.8 Å². The van der Waals surface area contributed by atoms with Gasteiger partial charge in [-0.15, -0.1) is 5.10 Å². The molecule has 35 heavy (non-hydrogen) atoms. The first-order chi connectivity index (χ1) is 16.8. The molecule has 0 spiro atoms. The Kier molecular flexibility index (Phi) is 6.28. The summed E-state index contributed by atoms with van der Waals surface area (Å²) in [6.07, 6.45) is 4.37. The maximum absolute atomic E-state index is 13.6. The number of fused-ring (bicyclic) bond motifs is 1. The number of benzene rings is 1. The van der Waals surface area contributed by atoms with Gasteiger partial charge in [0.1, 0.15) is 11.8 Å². The molecule has 184 valence electrons. The van der Waals surface area contributed by atoms with Gasteiger partial charge in [-0.1, -0.05) is 24.3 Å². The first-order valence-electron chi connectivity index (χ1n) is 11.7. The number of nitrogens with zero attached hydrogens (tertiary/aromatic N) is 6. The van der Waals surface area contributed by atoms with E-state index in [0.717, 1.165) is 0 Å². The smallest absolute Gasteiger partial charge is 0.317 e. The number of piperazine rings is 1. The third kappa shape index (κ3) is 4.53. The molecule has 11 heteroatoms. The van der Waals surface area contributed by atoms with Gasteiger partial charge in [0.25, 0.3) is 0 Å². The molecule has 0 N–H and O–H groups in total. The van der Waals surface area contributed by atoms with Crippen LogP contribution < -0.4 is 15.2 Å². The summed E-state index contributed by atoms with van der Waals surface area (Å²) in [5.74, 6) is 0.500. The van der Waals surface area contributed by atoms with Crippen LogP contribution in [0.3, 0.4) is 0 Å². The van der Waals surface area contributed by atoms with Crippen LogP contribution in [0.1, 0.15) is 25.0 Å². The lowest BCUT2D eigenvalue weighted by Gasteiger charge is -2.36. The predicted molar refractivity (Wildman–Crippen MR) is 132 cm³/mol. The van der Waals surface area contributed by atoms with Gasteiger partial charge >= 0.3 is 5.56 Å². The van der Waals surface area contributed by atoms with Gasteiger partial charge in [-0.3, -0.25) is 4.79 Å². The summed E-state index contributed by atoms with van der Waals surface area (Å²) in [4.78, 5) is 15.6. The van der Waals surface area contributed by atoms with Crippen molar-refractivity contribution in [1.82, 2.24) is 24.3 Å². The Morgan fingerprint density at radius 1 is 1.00 bits per heavy atom. The van der Waals surface area contributed by atoms with Crippen molar-refractivity contribution in [3.05, 3.63) is 70.3 Å². The molecule has 0 unspecified atom stereocenters. The fourth-order valence-electron chi connectivity index (χ4n) is 4.58. The Labute approximate surface area is 204 Å². The van der Waals surface area contributed by atoms with Gasteiger partial charge in [-0.25, -0.2) is 8.42 Å². The number of hydrogen-bond donors (Lipinski definition) is 0. The highest BCUT2D eigenvalue weighted by molar-refractivity contribution is 7.89. The molecule has 5 rings (SSSR count). The van der Waals surface area contributed by atoms with Gasteiger partial charge in [0.05, 0.1) is 11.4 Å². The second-order valence-corrected chi connectivity index (χ2v) is 11.5. The van der Waals surface area contributed by atoms with Gasteiger partial charge in [-0.05, 0) is 37.1 Å². The molecule has 0 radical (unpaired) electrons. The average Bonchev–Trinajstić information content (AvgIpc) is 3.28. The van der Waals surface area contributed by atoms with Crippen LogP contribution in [-0.2, 0) is 22.9 Å². The molecule has 2 aromatic heterocycles. The first kappa shape index (κ1) is 23.4. The summed E-state index contributed by atoms with van der Waals surface area (Å²) in [5, 5.41) is 11.7. The summed E-state index contributed by atoms with van der Waals surface area (Å²) in [5.41, 5.74) is 2.58. The summed E-state index contributed by atoms with van der Waals surface area (Å²) in [7, 11) is -3.34. The van der Waals surface area contributed by atoms with Crippen molar-refractivity contribution in [2.45, 2.75) is 38.0 Å². The van der Waals surface area contributed by atoms with Gasteiger partial charge in [0, 0.05) is 45.2 Å². The standard InChI is InChI=1S/C24H28N6O4S/c1-17(2)35(32,33)29-12-10-28(11-13-29)21-16-26-30(22-8-5-9-25-27-22)24(31)23(21)34-20-14-18-6-3-4-7-19(18)15-20/h3-9,16-17,20H,10-15H2,1-2H3. The lowest BCUT2D eigenvalue weighted by Crippen LogP contribution is -2.50. The van der Waals surface area contributed by atoms with Crippen molar-refractivity contribution in [2.24, 2.45) is 0 Å². The number of hydrogen-bond acceptors (Lipinski definition) is 8. The number of ether oxygens (including phenoxy) is 1. The van der Waals surface area contributed by atoms with Gasteiger partial charge in [0.15, 0.2) is 5.82 Å². The minimum Gasteiger partial charge on any atom is -0.482 e. The Balaban J connectivity index is 1.46. The van der Waals surface area contributed by atoms with E-state index in [1.54, 1.807) is 32.2 Å². The highest BCUT2D eigenvalue weighted by Crippen LogP contribution is 2.30. The van der Waals surface area contributed by atoms with Crippen molar-refractivity contribution in [1.29, 1.82) is 0 Å². The molecule has 0 amide bonds. The van der Waals surface area contributed by atoms with Crippen molar-refractivity contribution >= 4 is 15.7 Å². The zero-order valence-corrected chi connectivity index (χ0v) is 20.6. The second kappa shape index (κ2) is 9.38. The van der Waals surface area contributed by atoms with E-state index in [2.05, 4.69) is 27.4 Å². The van der Waals surface area contributed by atoms with Gasteiger partial charge in [-0.2, -0.15) is 19.2 Å². The van der Waals surface area contributed by atoms with Gasteiger partial charge in [0.2, 0.25) is 15.8 Å². The Hall–Kier alpha value is -3.31. The highest BCUT2D eigenvalue weighted by Gasteiger charge is 2.32. The van der Waals surface area contributed by atoms with E-state index in [0.29, 0.717) is 50.5 Å². The normalized spacial score (nSPS) is 17.1. The second-order valence-electron chi connectivity index (χ2n) is 9.05. The number of rotatable bonds is 6. The zero-order chi connectivity index (χ0) is 24.6. The van der Waals surface area contributed by atoms with Crippen LogP contribution in [-0.4, -0.2) is 70.2 Å². The molecule has 1 saturated heterocycles. The van der Waals surface area contributed by atoms with E-state index >= 15 is 0 Å².